The van der Waals surface area contributed by atoms with Crippen LogP contribution >= 0.6 is 15.9 Å². The molecule has 2 amide bonds. The Labute approximate surface area is 163 Å². The van der Waals surface area contributed by atoms with Gasteiger partial charge in [0.2, 0.25) is 0 Å². The van der Waals surface area contributed by atoms with Crippen LogP contribution in [0, 0.1) is 22.0 Å². The van der Waals surface area contributed by atoms with E-state index in [4.69, 9.17) is 4.74 Å². The second-order valence-corrected chi connectivity index (χ2v) is 6.59. The van der Waals surface area contributed by atoms with E-state index in [1.165, 1.54) is 12.1 Å². The second kappa shape index (κ2) is 8.01. The Morgan fingerprint density at radius 1 is 1.26 bits per heavy atom. The van der Waals surface area contributed by atoms with Crippen molar-refractivity contribution in [3.05, 3.63) is 74.2 Å². The van der Waals surface area contributed by atoms with Gasteiger partial charge in [0.15, 0.2) is 0 Å². The van der Waals surface area contributed by atoms with Gasteiger partial charge in [-0.05, 0) is 39.9 Å². The Kier molecular flexibility index (Phi) is 5.52. The minimum absolute atomic E-state index is 0.0722. The molecule has 1 atom stereocenters. The van der Waals surface area contributed by atoms with Crippen molar-refractivity contribution in [2.75, 3.05) is 6.61 Å². The van der Waals surface area contributed by atoms with Gasteiger partial charge in [0.1, 0.15) is 12.2 Å². The number of amides is 2. The molecule has 7 nitrogen and oxygen atoms in total. The number of nitro groups is 1. The van der Waals surface area contributed by atoms with Crippen molar-refractivity contribution in [1.29, 1.82) is 0 Å². The number of imide groups is 1. The first-order valence-corrected chi connectivity index (χ1v) is 8.75. The Hall–Kier alpha value is -3.18. The molecule has 1 aliphatic rings. The zero-order valence-corrected chi connectivity index (χ0v) is 15.5. The molecule has 0 radical (unpaired) electrons. The third-order valence-corrected chi connectivity index (χ3v) is 4.64. The summed E-state index contributed by atoms with van der Waals surface area (Å²) in [7, 11) is 0. The number of hydrogen-bond donors (Lipinski definition) is 0. The average molecular weight is 429 g/mol. The molecule has 0 aromatic heterocycles. The molecule has 0 aliphatic carbocycles. The van der Waals surface area contributed by atoms with Gasteiger partial charge in [-0.3, -0.25) is 14.9 Å². The van der Waals surface area contributed by atoms with Crippen molar-refractivity contribution < 1.29 is 19.2 Å². The smallest absolute Gasteiger partial charge is 0.417 e. The first-order valence-electron chi connectivity index (χ1n) is 7.96. The van der Waals surface area contributed by atoms with Crippen LogP contribution in [0.1, 0.15) is 11.1 Å². The summed E-state index contributed by atoms with van der Waals surface area (Å²) < 4.78 is 5.38. The summed E-state index contributed by atoms with van der Waals surface area (Å²) in [6, 6.07) is 13.3. The van der Waals surface area contributed by atoms with Crippen LogP contribution in [-0.2, 0) is 16.0 Å². The molecule has 0 unspecified atom stereocenters. The molecular formula is C19H13BrN2O5. The number of rotatable bonds is 3. The van der Waals surface area contributed by atoms with Crippen LogP contribution in [0.4, 0.5) is 10.5 Å². The number of hydrogen-bond acceptors (Lipinski definition) is 5. The molecule has 2 aromatic carbocycles. The fourth-order valence-corrected chi connectivity index (χ4v) is 3.17. The predicted molar refractivity (Wildman–Crippen MR) is 99.8 cm³/mol. The van der Waals surface area contributed by atoms with Gasteiger partial charge in [0.05, 0.1) is 11.0 Å². The van der Waals surface area contributed by atoms with Gasteiger partial charge in [-0.25, -0.2) is 9.69 Å². The summed E-state index contributed by atoms with van der Waals surface area (Å²) in [6.07, 6.45) is -0.327. The molecule has 0 saturated carbocycles. The Bertz CT molecular complexity index is 965. The number of benzene rings is 2. The second-order valence-electron chi connectivity index (χ2n) is 5.74. The highest BCUT2D eigenvalue weighted by atomic mass is 79.9. The highest BCUT2D eigenvalue weighted by Crippen LogP contribution is 2.25. The Balaban J connectivity index is 1.85. The van der Waals surface area contributed by atoms with Gasteiger partial charge in [0, 0.05) is 16.5 Å². The molecule has 27 heavy (non-hydrogen) atoms. The van der Waals surface area contributed by atoms with E-state index in [-0.39, 0.29) is 17.9 Å². The van der Waals surface area contributed by atoms with E-state index in [9.17, 15) is 19.7 Å². The first kappa shape index (κ1) is 18.6. The largest absolute Gasteiger partial charge is 0.447 e. The average Bonchev–Trinajstić information content (AvgIpc) is 3.01. The molecule has 1 aliphatic heterocycles. The lowest BCUT2D eigenvalue weighted by Crippen LogP contribution is -2.39. The molecule has 0 N–H and O–H groups in total. The molecule has 136 valence electrons. The molecule has 1 heterocycles. The van der Waals surface area contributed by atoms with Gasteiger partial charge in [-0.15, -0.1) is 0 Å². The molecule has 1 saturated heterocycles. The highest BCUT2D eigenvalue weighted by molar-refractivity contribution is 9.10. The number of cyclic esters (lactones) is 1. The lowest BCUT2D eigenvalue weighted by atomic mass is 10.1. The van der Waals surface area contributed by atoms with Crippen LogP contribution in [-0.4, -0.2) is 34.5 Å². The lowest BCUT2D eigenvalue weighted by molar-refractivity contribution is -0.385. The number of ether oxygens (including phenoxy) is 1. The summed E-state index contributed by atoms with van der Waals surface area (Å²) in [5.41, 5.74) is 0.797. The van der Waals surface area contributed by atoms with Crippen LogP contribution in [0.15, 0.2) is 53.0 Å². The van der Waals surface area contributed by atoms with Crippen molar-refractivity contribution in [3.63, 3.8) is 0 Å². The number of carbonyl (C=O) groups excluding carboxylic acids is 2. The highest BCUT2D eigenvalue weighted by Gasteiger charge is 2.37. The molecular weight excluding hydrogens is 416 g/mol. The van der Waals surface area contributed by atoms with Crippen LogP contribution < -0.4 is 0 Å². The maximum atomic E-state index is 12.5. The van der Waals surface area contributed by atoms with Gasteiger partial charge in [-0.1, -0.05) is 36.4 Å². The molecule has 0 bridgehead atoms. The normalized spacial score (nSPS) is 15.7. The summed E-state index contributed by atoms with van der Waals surface area (Å²) in [5, 5.41) is 11.1. The summed E-state index contributed by atoms with van der Waals surface area (Å²) in [6.45, 7) is 0.0797. The summed E-state index contributed by atoms with van der Waals surface area (Å²) in [5.74, 6) is 4.07. The van der Waals surface area contributed by atoms with E-state index in [0.717, 1.165) is 10.5 Å². The van der Waals surface area contributed by atoms with Gasteiger partial charge >= 0.3 is 12.0 Å². The standard InChI is InChI=1S/C19H13BrN2O5/c20-16-7-4-8-17(22(25)26)15(16)9-10-18(23)21-14(12-27-19(21)24)11-13-5-2-1-3-6-13/h1-8,14H,11-12H2/t14-/m0/s1. The van der Waals surface area contributed by atoms with E-state index in [1.54, 1.807) is 6.07 Å². The van der Waals surface area contributed by atoms with E-state index < -0.39 is 23.0 Å². The topological polar surface area (TPSA) is 89.8 Å². The summed E-state index contributed by atoms with van der Waals surface area (Å²) in [4.78, 5) is 36.0. The molecule has 0 spiro atoms. The van der Waals surface area contributed by atoms with Gasteiger partial charge in [0.25, 0.3) is 5.69 Å². The number of nitro benzene ring substituents is 1. The maximum Gasteiger partial charge on any atom is 0.417 e. The zero-order chi connectivity index (χ0) is 19.4. The zero-order valence-electron chi connectivity index (χ0n) is 13.9. The molecule has 8 heteroatoms. The molecule has 1 fully saturated rings. The van der Waals surface area contributed by atoms with E-state index in [0.29, 0.717) is 10.9 Å². The van der Waals surface area contributed by atoms with Crippen LogP contribution in [0.2, 0.25) is 0 Å². The number of halogens is 1. The van der Waals surface area contributed by atoms with Crippen LogP contribution in [0.25, 0.3) is 0 Å². The van der Waals surface area contributed by atoms with Gasteiger partial charge < -0.3 is 4.74 Å². The van der Waals surface area contributed by atoms with Crippen LogP contribution in [0.5, 0.6) is 0 Å². The Morgan fingerprint density at radius 3 is 2.70 bits per heavy atom. The minimum Gasteiger partial charge on any atom is -0.447 e. The predicted octanol–water partition coefficient (Wildman–Crippen LogP) is 3.30. The lowest BCUT2D eigenvalue weighted by Gasteiger charge is -2.16. The monoisotopic (exact) mass is 428 g/mol. The van der Waals surface area contributed by atoms with E-state index in [1.807, 2.05) is 30.3 Å². The summed E-state index contributed by atoms with van der Waals surface area (Å²) >= 11 is 3.19. The van der Waals surface area contributed by atoms with Crippen molar-refractivity contribution in [3.8, 4) is 11.8 Å². The Morgan fingerprint density at radius 2 is 2.00 bits per heavy atom. The fraction of sp³-hybridized carbons (Fsp3) is 0.158. The number of nitrogens with zero attached hydrogens (tertiary/aromatic N) is 2. The van der Waals surface area contributed by atoms with E-state index >= 15 is 0 Å². The minimum atomic E-state index is -0.767. The van der Waals surface area contributed by atoms with Crippen LogP contribution in [0.3, 0.4) is 0 Å². The first-order chi connectivity index (χ1) is 13.0. The fourth-order valence-electron chi connectivity index (χ4n) is 2.71. The molecule has 3 rings (SSSR count). The SMILES string of the molecule is O=C(C#Cc1c(Br)cccc1[N+](=O)[O-])N1C(=O)OC[C@@H]1Cc1ccccc1. The maximum absolute atomic E-state index is 12.5. The third kappa shape index (κ3) is 4.15. The van der Waals surface area contributed by atoms with Crippen molar-refractivity contribution in [2.45, 2.75) is 12.5 Å². The molecule has 2 aromatic rings. The van der Waals surface area contributed by atoms with E-state index in [2.05, 4.69) is 27.8 Å². The van der Waals surface area contributed by atoms with Crippen molar-refractivity contribution in [1.82, 2.24) is 4.90 Å². The quantitative estimate of drug-likeness (QED) is 0.424. The van der Waals surface area contributed by atoms with Crippen molar-refractivity contribution >= 4 is 33.6 Å². The number of carbonyl (C=O) groups is 2. The van der Waals surface area contributed by atoms with Crippen molar-refractivity contribution in [2.24, 2.45) is 0 Å². The van der Waals surface area contributed by atoms with Gasteiger partial charge in [-0.2, -0.15) is 0 Å². The third-order valence-electron chi connectivity index (χ3n) is 3.98.